The van der Waals surface area contributed by atoms with Gasteiger partial charge in [0.1, 0.15) is 0 Å². The molecule has 5 heteroatoms. The van der Waals surface area contributed by atoms with E-state index in [1.807, 2.05) is 33.8 Å². The lowest BCUT2D eigenvalue weighted by molar-refractivity contribution is -0.133. The van der Waals surface area contributed by atoms with Gasteiger partial charge in [-0.3, -0.25) is 0 Å². The van der Waals surface area contributed by atoms with Gasteiger partial charge in [0.25, 0.3) is 0 Å². The number of hydrogen-bond acceptors (Lipinski definition) is 5. The second kappa shape index (κ2) is 22.3. The van der Waals surface area contributed by atoms with Gasteiger partial charge >= 0.3 is 0 Å². The Morgan fingerprint density at radius 3 is 1.29 bits per heavy atom. The molecule has 0 aromatic rings. The molecule has 1 N–H and O–H groups in total. The van der Waals surface area contributed by atoms with Gasteiger partial charge in [0.15, 0.2) is 12.6 Å². The van der Waals surface area contributed by atoms with Crippen LogP contribution >= 0.6 is 0 Å². The van der Waals surface area contributed by atoms with Crippen molar-refractivity contribution in [2.24, 2.45) is 0 Å². The third-order valence-corrected chi connectivity index (χ3v) is 2.74. The third-order valence-electron chi connectivity index (χ3n) is 2.74. The zero-order valence-electron chi connectivity index (χ0n) is 16.2. The number of ether oxygens (including phenoxy) is 4. The van der Waals surface area contributed by atoms with Crippen LogP contribution in [0.25, 0.3) is 0 Å². The predicted octanol–water partition coefficient (Wildman–Crippen LogP) is 4.07. The van der Waals surface area contributed by atoms with Crippen molar-refractivity contribution in [1.82, 2.24) is 0 Å². The molecule has 0 aromatic carbocycles. The molecule has 0 atom stereocenters. The van der Waals surface area contributed by atoms with Crippen LogP contribution in [0.4, 0.5) is 0 Å². The summed E-state index contributed by atoms with van der Waals surface area (Å²) in [6.07, 6.45) is 10.2. The summed E-state index contributed by atoms with van der Waals surface area (Å²) in [7, 11) is 0. The molecule has 0 saturated heterocycles. The van der Waals surface area contributed by atoms with E-state index in [-0.39, 0.29) is 19.2 Å². The lowest BCUT2D eigenvalue weighted by Gasteiger charge is -2.14. The van der Waals surface area contributed by atoms with E-state index < -0.39 is 0 Å². The summed E-state index contributed by atoms with van der Waals surface area (Å²) in [6, 6.07) is 0. The maximum Gasteiger partial charge on any atom is 0.160 e. The van der Waals surface area contributed by atoms with Crippen LogP contribution in [-0.4, -0.2) is 50.7 Å². The van der Waals surface area contributed by atoms with Crippen LogP contribution in [0.1, 0.15) is 53.9 Å². The van der Waals surface area contributed by atoms with Gasteiger partial charge in [0, 0.05) is 39.3 Å². The van der Waals surface area contributed by atoms with Crippen LogP contribution in [0.15, 0.2) is 24.3 Å². The zero-order chi connectivity index (χ0) is 18.5. The second-order valence-corrected chi connectivity index (χ2v) is 4.69. The zero-order valence-corrected chi connectivity index (χ0v) is 16.2. The van der Waals surface area contributed by atoms with Crippen molar-refractivity contribution in [3.8, 4) is 0 Å². The Balaban J connectivity index is 0. The smallest absolute Gasteiger partial charge is 0.160 e. The summed E-state index contributed by atoms with van der Waals surface area (Å²) in [6.45, 7) is 12.7. The van der Waals surface area contributed by atoms with Crippen LogP contribution < -0.4 is 0 Å². The van der Waals surface area contributed by atoms with Crippen molar-refractivity contribution < 1.29 is 24.1 Å². The fourth-order valence-corrected chi connectivity index (χ4v) is 1.77. The summed E-state index contributed by atoms with van der Waals surface area (Å²) < 4.78 is 21.3. The quantitative estimate of drug-likeness (QED) is 0.379. The van der Waals surface area contributed by atoms with Crippen LogP contribution in [0.5, 0.6) is 0 Å². The van der Waals surface area contributed by atoms with E-state index in [4.69, 9.17) is 24.1 Å². The normalized spacial score (nSPS) is 11.7. The molecule has 0 saturated carbocycles. The van der Waals surface area contributed by atoms with Crippen molar-refractivity contribution in [3.05, 3.63) is 24.3 Å². The van der Waals surface area contributed by atoms with Gasteiger partial charge in [-0.05, 0) is 34.1 Å². The van der Waals surface area contributed by atoms with Crippen molar-refractivity contribution in [3.63, 3.8) is 0 Å². The molecule has 0 aliphatic carbocycles. The van der Waals surface area contributed by atoms with Crippen molar-refractivity contribution in [2.45, 2.75) is 66.5 Å². The lowest BCUT2D eigenvalue weighted by atomic mass is 10.3. The van der Waals surface area contributed by atoms with E-state index in [1.54, 1.807) is 6.08 Å². The number of hydrogen-bond donors (Lipinski definition) is 1. The fraction of sp³-hybridized carbons (Fsp3) is 0.789. The van der Waals surface area contributed by atoms with Gasteiger partial charge in [0.05, 0.1) is 6.61 Å². The minimum absolute atomic E-state index is 0.0530. The lowest BCUT2D eigenvalue weighted by Crippen LogP contribution is -2.16. The molecule has 144 valence electrons. The first-order valence-corrected chi connectivity index (χ1v) is 9.07. The summed E-state index contributed by atoms with van der Waals surface area (Å²) in [4.78, 5) is 0. The molecule has 0 spiro atoms. The SMILES string of the molecule is CC/C=C/CC(OCC)OCC.CCOC(C/C=C/CO)OCC. The van der Waals surface area contributed by atoms with E-state index in [9.17, 15) is 0 Å². The monoisotopic (exact) mass is 346 g/mol. The third kappa shape index (κ3) is 19.3. The Labute approximate surface area is 148 Å². The van der Waals surface area contributed by atoms with Crippen LogP contribution in [0.3, 0.4) is 0 Å². The summed E-state index contributed by atoms with van der Waals surface area (Å²) in [5, 5.41) is 8.47. The van der Waals surface area contributed by atoms with Crippen LogP contribution in [-0.2, 0) is 18.9 Å². The van der Waals surface area contributed by atoms with Crippen LogP contribution in [0.2, 0.25) is 0 Å². The van der Waals surface area contributed by atoms with Crippen molar-refractivity contribution in [1.29, 1.82) is 0 Å². The highest BCUT2D eigenvalue weighted by atomic mass is 16.7. The van der Waals surface area contributed by atoms with Gasteiger partial charge in [0.2, 0.25) is 0 Å². The number of rotatable bonds is 14. The molecule has 5 nitrogen and oxygen atoms in total. The Morgan fingerprint density at radius 1 is 0.625 bits per heavy atom. The molecule has 0 aromatic heterocycles. The molecular weight excluding hydrogens is 308 g/mol. The molecule has 0 aliphatic rings. The maximum absolute atomic E-state index is 8.47. The molecule has 0 rings (SSSR count). The second-order valence-electron chi connectivity index (χ2n) is 4.69. The van der Waals surface area contributed by atoms with Gasteiger partial charge in [-0.25, -0.2) is 0 Å². The average molecular weight is 347 g/mol. The average Bonchev–Trinajstić information content (AvgIpc) is 2.57. The fourth-order valence-electron chi connectivity index (χ4n) is 1.77. The molecule has 24 heavy (non-hydrogen) atoms. The summed E-state index contributed by atoms with van der Waals surface area (Å²) >= 11 is 0. The molecule has 0 unspecified atom stereocenters. The van der Waals surface area contributed by atoms with Gasteiger partial charge in [-0.15, -0.1) is 0 Å². The van der Waals surface area contributed by atoms with E-state index in [0.29, 0.717) is 32.8 Å². The highest BCUT2D eigenvalue weighted by molar-refractivity contribution is 4.82. The minimum atomic E-state index is -0.164. The predicted molar refractivity (Wildman–Crippen MR) is 99.0 cm³/mol. The molecule has 0 aliphatic heterocycles. The van der Waals surface area contributed by atoms with Crippen molar-refractivity contribution in [2.75, 3.05) is 33.0 Å². The number of aliphatic hydroxyl groups excluding tert-OH is 1. The summed E-state index contributed by atoms with van der Waals surface area (Å²) in [5.41, 5.74) is 0. The Morgan fingerprint density at radius 2 is 1.00 bits per heavy atom. The van der Waals surface area contributed by atoms with Gasteiger partial charge in [-0.1, -0.05) is 31.2 Å². The Kier molecular flexibility index (Phi) is 23.7. The summed E-state index contributed by atoms with van der Waals surface area (Å²) in [5.74, 6) is 0. The van der Waals surface area contributed by atoms with E-state index in [1.165, 1.54) is 0 Å². The van der Waals surface area contributed by atoms with E-state index >= 15 is 0 Å². The van der Waals surface area contributed by atoms with Gasteiger partial charge < -0.3 is 24.1 Å². The molecule has 0 heterocycles. The highest BCUT2D eigenvalue weighted by Gasteiger charge is 2.04. The first kappa shape index (κ1) is 25.5. The number of aliphatic hydroxyl groups is 1. The molecule has 0 fully saturated rings. The Hall–Kier alpha value is -0.720. The van der Waals surface area contributed by atoms with E-state index in [0.717, 1.165) is 12.8 Å². The molecule has 0 amide bonds. The maximum atomic E-state index is 8.47. The van der Waals surface area contributed by atoms with Crippen LogP contribution in [0, 0.1) is 0 Å². The Bertz CT molecular complexity index is 239. The minimum Gasteiger partial charge on any atom is -0.392 e. The number of allylic oxidation sites excluding steroid dienone is 1. The van der Waals surface area contributed by atoms with E-state index in [2.05, 4.69) is 19.1 Å². The first-order chi connectivity index (χ1) is 11.7. The first-order valence-electron chi connectivity index (χ1n) is 9.07. The molecular formula is C19H38O5. The molecule has 0 radical (unpaired) electrons. The standard InChI is InChI=1S/C10H20O2.C9H18O3/c1-4-7-8-9-10(11-5-2)12-6-3;1-3-11-9(12-4-2)7-5-6-8-10/h7-8,10H,4-6,9H2,1-3H3;5-6,9-10H,3-4,7-8H2,1-2H3/b8-7+;6-5+. The topological polar surface area (TPSA) is 57.2 Å². The van der Waals surface area contributed by atoms with Crippen molar-refractivity contribution >= 4 is 0 Å². The largest absolute Gasteiger partial charge is 0.392 e. The molecule has 0 bridgehead atoms. The highest BCUT2D eigenvalue weighted by Crippen LogP contribution is 2.02. The van der Waals surface area contributed by atoms with Gasteiger partial charge in [-0.2, -0.15) is 0 Å².